The Labute approximate surface area is 109 Å². The van der Waals surface area contributed by atoms with Crippen LogP contribution in [0.5, 0.6) is 0 Å². The summed E-state index contributed by atoms with van der Waals surface area (Å²) in [4.78, 5) is 16.7. The van der Waals surface area contributed by atoms with E-state index in [0.29, 0.717) is 6.54 Å². The first-order valence-electron chi connectivity index (χ1n) is 6.10. The van der Waals surface area contributed by atoms with Gasteiger partial charge in [0.2, 0.25) is 5.91 Å². The van der Waals surface area contributed by atoms with E-state index in [1.54, 1.807) is 0 Å². The van der Waals surface area contributed by atoms with E-state index in [0.717, 1.165) is 19.6 Å². The van der Waals surface area contributed by atoms with Crippen molar-refractivity contribution >= 4 is 17.5 Å². The van der Waals surface area contributed by atoms with Crippen molar-refractivity contribution in [1.29, 1.82) is 0 Å². The van der Waals surface area contributed by atoms with Crippen molar-refractivity contribution in [3.05, 3.63) is 0 Å². The highest BCUT2D eigenvalue weighted by Crippen LogP contribution is 2.02. The van der Waals surface area contributed by atoms with E-state index in [1.165, 1.54) is 0 Å². The minimum atomic E-state index is -0.173. The van der Waals surface area contributed by atoms with Crippen molar-refractivity contribution in [1.82, 2.24) is 15.5 Å². The van der Waals surface area contributed by atoms with Gasteiger partial charge in [-0.15, -0.1) is 16.8 Å². The monoisotopic (exact) mass is 265 g/mol. The highest BCUT2D eigenvalue weighted by molar-refractivity contribution is 6.27. The fourth-order valence-corrected chi connectivity index (χ4v) is 1.52. The van der Waals surface area contributed by atoms with E-state index in [2.05, 4.69) is 24.2 Å². The number of amides is 1. The van der Waals surface area contributed by atoms with Crippen LogP contribution in [0.1, 0.15) is 27.7 Å². The summed E-state index contributed by atoms with van der Waals surface area (Å²) < 4.78 is 0. The van der Waals surface area contributed by atoms with Crippen LogP contribution < -0.4 is 5.32 Å². The Morgan fingerprint density at radius 1 is 1.29 bits per heavy atom. The molecular formula is C11H24ClN3O2. The predicted molar refractivity (Wildman–Crippen MR) is 69.6 cm³/mol. The molecule has 0 saturated heterocycles. The largest absolute Gasteiger partial charge is 0.352 e. The average molecular weight is 266 g/mol. The summed E-state index contributed by atoms with van der Waals surface area (Å²) in [6.45, 7) is 11.1. The number of nitrogens with one attached hydrogen (secondary N) is 1. The van der Waals surface area contributed by atoms with Crippen molar-refractivity contribution < 1.29 is 9.63 Å². The molecule has 0 fully saturated rings. The maximum atomic E-state index is 11.0. The molecule has 0 aromatic carbocycles. The van der Waals surface area contributed by atoms with Crippen LogP contribution in [0.3, 0.4) is 0 Å². The molecule has 1 amide bonds. The number of hydrogen-bond acceptors (Lipinski definition) is 4. The first-order valence-corrected chi connectivity index (χ1v) is 6.64. The third kappa shape index (κ3) is 6.83. The van der Waals surface area contributed by atoms with E-state index < -0.39 is 0 Å². The molecule has 17 heavy (non-hydrogen) atoms. The Bertz CT molecular complexity index is 213. The topological polar surface area (TPSA) is 44.8 Å². The predicted octanol–water partition coefficient (Wildman–Crippen LogP) is 1.24. The second-order valence-corrected chi connectivity index (χ2v) is 3.93. The lowest BCUT2D eigenvalue weighted by atomic mass is 10.4. The Kier molecular flexibility index (Phi) is 9.44. The fourth-order valence-electron chi connectivity index (χ4n) is 1.43. The third-order valence-electron chi connectivity index (χ3n) is 2.33. The Balaban J connectivity index is 4.05. The molecule has 0 heterocycles. The molecule has 5 nitrogen and oxygen atoms in total. The van der Waals surface area contributed by atoms with Gasteiger partial charge in [-0.25, -0.2) is 5.01 Å². The molecule has 102 valence electrons. The van der Waals surface area contributed by atoms with Crippen LogP contribution in [0.25, 0.3) is 0 Å². The molecule has 0 aromatic rings. The summed E-state index contributed by atoms with van der Waals surface area (Å²) >= 11 is 5.39. The smallest absolute Gasteiger partial charge is 0.235 e. The van der Waals surface area contributed by atoms with Crippen LogP contribution in [-0.4, -0.2) is 54.3 Å². The number of hydroxylamine groups is 1. The molecule has 0 aliphatic rings. The van der Waals surface area contributed by atoms with Crippen LogP contribution >= 0.6 is 11.6 Å². The quantitative estimate of drug-likeness (QED) is 0.503. The van der Waals surface area contributed by atoms with Crippen LogP contribution in [0.2, 0.25) is 0 Å². The Morgan fingerprint density at radius 2 is 1.88 bits per heavy atom. The van der Waals surface area contributed by atoms with Gasteiger partial charge in [0.25, 0.3) is 0 Å². The van der Waals surface area contributed by atoms with Crippen molar-refractivity contribution in [2.24, 2.45) is 0 Å². The average Bonchev–Trinajstić information content (AvgIpc) is 2.35. The molecule has 0 spiro atoms. The zero-order chi connectivity index (χ0) is 13.3. The highest BCUT2D eigenvalue weighted by atomic mass is 35.5. The third-order valence-corrected chi connectivity index (χ3v) is 2.57. The summed E-state index contributed by atoms with van der Waals surface area (Å²) in [5.41, 5.74) is 0. The molecule has 0 aliphatic carbocycles. The Hall–Kier alpha value is -0.360. The first-order chi connectivity index (χ1) is 8.08. The number of hydrogen-bond donors (Lipinski definition) is 1. The number of hydrazine groups is 1. The standard InChI is InChI=1S/C11H24ClN3O2/c1-5-14(6-2)15(7-3)17-10(4)9-13-11(16)8-12/h10H,5-9H2,1-4H3,(H,13,16). The van der Waals surface area contributed by atoms with Crippen LogP contribution in [0.15, 0.2) is 0 Å². The number of alkyl halides is 1. The van der Waals surface area contributed by atoms with E-state index in [1.807, 2.05) is 19.0 Å². The molecular weight excluding hydrogens is 242 g/mol. The molecule has 1 unspecified atom stereocenters. The molecule has 0 aromatic heterocycles. The SMILES string of the molecule is CCN(CC)N(CC)OC(C)CNC(=O)CCl. The fraction of sp³-hybridized carbons (Fsp3) is 0.909. The summed E-state index contributed by atoms with van der Waals surface area (Å²) in [5, 5.41) is 6.62. The summed E-state index contributed by atoms with van der Waals surface area (Å²) in [6, 6.07) is 0. The molecule has 0 aliphatic heterocycles. The van der Waals surface area contributed by atoms with Gasteiger partial charge >= 0.3 is 0 Å². The van der Waals surface area contributed by atoms with Gasteiger partial charge in [0, 0.05) is 26.2 Å². The normalized spacial score (nSPS) is 13.1. The molecule has 0 radical (unpaired) electrons. The molecule has 6 heteroatoms. The van der Waals surface area contributed by atoms with Gasteiger partial charge in [0.05, 0.1) is 6.10 Å². The van der Waals surface area contributed by atoms with E-state index in [9.17, 15) is 4.79 Å². The van der Waals surface area contributed by atoms with E-state index in [4.69, 9.17) is 16.4 Å². The van der Waals surface area contributed by atoms with Crippen molar-refractivity contribution in [2.75, 3.05) is 32.1 Å². The van der Waals surface area contributed by atoms with Crippen LogP contribution in [0.4, 0.5) is 0 Å². The van der Waals surface area contributed by atoms with E-state index in [-0.39, 0.29) is 17.9 Å². The van der Waals surface area contributed by atoms with Gasteiger partial charge in [-0.05, 0) is 13.8 Å². The summed E-state index contributed by atoms with van der Waals surface area (Å²) in [7, 11) is 0. The van der Waals surface area contributed by atoms with Gasteiger partial charge in [-0.2, -0.15) is 0 Å². The summed E-state index contributed by atoms with van der Waals surface area (Å²) in [6.07, 6.45) is -0.0808. The first kappa shape index (κ1) is 16.6. The van der Waals surface area contributed by atoms with Gasteiger partial charge < -0.3 is 5.32 Å². The number of carbonyl (C=O) groups excluding carboxylic acids is 1. The zero-order valence-corrected chi connectivity index (χ0v) is 12.0. The number of carbonyl (C=O) groups is 1. The van der Waals surface area contributed by atoms with Crippen molar-refractivity contribution in [2.45, 2.75) is 33.8 Å². The van der Waals surface area contributed by atoms with Crippen molar-refractivity contribution in [3.8, 4) is 0 Å². The lowest BCUT2D eigenvalue weighted by Gasteiger charge is -2.33. The van der Waals surface area contributed by atoms with Crippen LogP contribution in [-0.2, 0) is 9.63 Å². The molecule has 0 bridgehead atoms. The van der Waals surface area contributed by atoms with E-state index >= 15 is 0 Å². The zero-order valence-electron chi connectivity index (χ0n) is 11.2. The van der Waals surface area contributed by atoms with Gasteiger partial charge in [0.1, 0.15) is 5.88 Å². The number of halogens is 1. The van der Waals surface area contributed by atoms with Crippen LogP contribution in [0, 0.1) is 0 Å². The molecule has 0 rings (SSSR count). The molecule has 1 atom stereocenters. The molecule has 0 saturated carbocycles. The molecule has 1 N–H and O–H groups in total. The Morgan fingerprint density at radius 3 is 2.29 bits per heavy atom. The lowest BCUT2D eigenvalue weighted by Crippen LogP contribution is -2.46. The summed E-state index contributed by atoms with van der Waals surface area (Å²) in [5.74, 6) is -0.187. The van der Waals surface area contributed by atoms with Gasteiger partial charge in [-0.3, -0.25) is 9.63 Å². The van der Waals surface area contributed by atoms with Gasteiger partial charge in [0.15, 0.2) is 0 Å². The van der Waals surface area contributed by atoms with Crippen molar-refractivity contribution in [3.63, 3.8) is 0 Å². The highest BCUT2D eigenvalue weighted by Gasteiger charge is 2.14. The van der Waals surface area contributed by atoms with Gasteiger partial charge in [-0.1, -0.05) is 13.8 Å². The second kappa shape index (κ2) is 9.65. The number of rotatable bonds is 9. The maximum Gasteiger partial charge on any atom is 0.235 e. The second-order valence-electron chi connectivity index (χ2n) is 3.66. The maximum absolute atomic E-state index is 11.0. The number of nitrogens with zero attached hydrogens (tertiary/aromatic N) is 2. The lowest BCUT2D eigenvalue weighted by molar-refractivity contribution is -0.300. The minimum Gasteiger partial charge on any atom is -0.352 e. The minimum absolute atomic E-state index is 0.0136.